The van der Waals surface area contributed by atoms with Crippen molar-refractivity contribution >= 4 is 0 Å². The third kappa shape index (κ3) is 2.03. The molecule has 0 unspecified atom stereocenters. The molecule has 0 amide bonds. The highest BCUT2D eigenvalue weighted by atomic mass is 15.0. The van der Waals surface area contributed by atoms with Gasteiger partial charge in [0.15, 0.2) is 0 Å². The van der Waals surface area contributed by atoms with E-state index in [1.807, 2.05) is 31.3 Å². The minimum Gasteiger partial charge on any atom is -0.315 e. The first-order valence-electron chi connectivity index (χ1n) is 5.79. The molecule has 0 radical (unpaired) electrons. The molecule has 1 aliphatic rings. The molecule has 0 atom stereocenters. The van der Waals surface area contributed by atoms with Crippen molar-refractivity contribution in [3.8, 4) is 11.3 Å². The zero-order valence-electron chi connectivity index (χ0n) is 9.72. The summed E-state index contributed by atoms with van der Waals surface area (Å²) in [6, 6.07) is 5.96. The molecule has 1 N–H and O–H groups in total. The largest absolute Gasteiger partial charge is 0.315 e. The Hall–Kier alpha value is -1.81. The van der Waals surface area contributed by atoms with Crippen LogP contribution in [0.15, 0.2) is 30.6 Å². The van der Waals surface area contributed by atoms with Crippen LogP contribution >= 0.6 is 0 Å². The van der Waals surface area contributed by atoms with Gasteiger partial charge in [-0.2, -0.15) is 0 Å². The lowest BCUT2D eigenvalue weighted by Crippen LogP contribution is -2.41. The first kappa shape index (κ1) is 10.4. The van der Waals surface area contributed by atoms with Gasteiger partial charge in [-0.25, -0.2) is 9.97 Å². The standard InChI is InChI=1S/C13H14N4/c1-9-5-12(10-3-2-4-14-6-10)17-13(16-9)11-7-15-8-11/h2-6,11,15H,7-8H2,1H3. The fraction of sp³-hybridized carbons (Fsp3) is 0.308. The summed E-state index contributed by atoms with van der Waals surface area (Å²) >= 11 is 0. The highest BCUT2D eigenvalue weighted by Gasteiger charge is 2.22. The minimum absolute atomic E-state index is 0.463. The fourth-order valence-corrected chi connectivity index (χ4v) is 1.91. The van der Waals surface area contributed by atoms with E-state index in [1.165, 1.54) is 0 Å². The monoisotopic (exact) mass is 226 g/mol. The SMILES string of the molecule is Cc1cc(-c2cccnc2)nc(C2CNC2)n1. The van der Waals surface area contributed by atoms with Crippen LogP contribution in [-0.2, 0) is 0 Å². The maximum Gasteiger partial charge on any atom is 0.134 e. The lowest BCUT2D eigenvalue weighted by molar-refractivity contribution is 0.429. The Bertz CT molecular complexity index is 520. The Morgan fingerprint density at radius 2 is 2.18 bits per heavy atom. The molecule has 0 aromatic carbocycles. The minimum atomic E-state index is 0.463. The van der Waals surface area contributed by atoms with E-state index in [2.05, 4.69) is 20.3 Å². The molecule has 0 saturated carbocycles. The molecule has 2 aromatic heterocycles. The highest BCUT2D eigenvalue weighted by molar-refractivity contribution is 5.57. The average molecular weight is 226 g/mol. The molecule has 4 heteroatoms. The Balaban J connectivity index is 2.02. The summed E-state index contributed by atoms with van der Waals surface area (Å²) in [5, 5.41) is 3.25. The third-order valence-corrected chi connectivity index (χ3v) is 2.98. The molecule has 2 aromatic rings. The van der Waals surface area contributed by atoms with Crippen LogP contribution in [0.2, 0.25) is 0 Å². The summed E-state index contributed by atoms with van der Waals surface area (Å²) in [5.41, 5.74) is 3.03. The van der Waals surface area contributed by atoms with E-state index in [1.54, 1.807) is 6.20 Å². The second kappa shape index (κ2) is 4.22. The quantitative estimate of drug-likeness (QED) is 0.843. The maximum atomic E-state index is 4.63. The first-order chi connectivity index (χ1) is 8.33. The van der Waals surface area contributed by atoms with E-state index in [0.29, 0.717) is 5.92 Å². The zero-order valence-corrected chi connectivity index (χ0v) is 9.72. The zero-order chi connectivity index (χ0) is 11.7. The normalized spacial score (nSPS) is 15.6. The van der Waals surface area contributed by atoms with E-state index in [-0.39, 0.29) is 0 Å². The third-order valence-electron chi connectivity index (χ3n) is 2.98. The Kier molecular flexibility index (Phi) is 2.57. The van der Waals surface area contributed by atoms with E-state index in [9.17, 15) is 0 Å². The number of pyridine rings is 1. The van der Waals surface area contributed by atoms with Gasteiger partial charge in [0.05, 0.1) is 5.69 Å². The molecule has 17 heavy (non-hydrogen) atoms. The second-order valence-electron chi connectivity index (χ2n) is 4.35. The molecule has 4 nitrogen and oxygen atoms in total. The van der Waals surface area contributed by atoms with Crippen LogP contribution < -0.4 is 5.32 Å². The van der Waals surface area contributed by atoms with Crippen molar-refractivity contribution < 1.29 is 0 Å². The molecule has 3 rings (SSSR count). The number of rotatable bonds is 2. The van der Waals surface area contributed by atoms with Crippen molar-refractivity contribution in [2.24, 2.45) is 0 Å². The van der Waals surface area contributed by atoms with E-state index in [4.69, 9.17) is 0 Å². The van der Waals surface area contributed by atoms with E-state index < -0.39 is 0 Å². The van der Waals surface area contributed by atoms with E-state index in [0.717, 1.165) is 35.9 Å². The van der Waals surface area contributed by atoms with Crippen molar-refractivity contribution in [3.63, 3.8) is 0 Å². The van der Waals surface area contributed by atoms with Gasteiger partial charge in [0, 0.05) is 42.7 Å². The van der Waals surface area contributed by atoms with Crippen LogP contribution in [-0.4, -0.2) is 28.0 Å². The fourth-order valence-electron chi connectivity index (χ4n) is 1.91. The second-order valence-corrected chi connectivity index (χ2v) is 4.35. The van der Waals surface area contributed by atoms with Gasteiger partial charge in [0.25, 0.3) is 0 Å². The molecule has 86 valence electrons. The van der Waals surface area contributed by atoms with Gasteiger partial charge in [-0.3, -0.25) is 4.98 Å². The molecule has 3 heterocycles. The smallest absolute Gasteiger partial charge is 0.134 e. The molecular weight excluding hydrogens is 212 g/mol. The van der Waals surface area contributed by atoms with Gasteiger partial charge in [0.2, 0.25) is 0 Å². The van der Waals surface area contributed by atoms with Crippen molar-refractivity contribution in [3.05, 3.63) is 42.1 Å². The number of aryl methyl sites for hydroxylation is 1. The summed E-state index contributed by atoms with van der Waals surface area (Å²) in [6.07, 6.45) is 3.61. The molecule has 0 bridgehead atoms. The van der Waals surface area contributed by atoms with Crippen molar-refractivity contribution in [2.75, 3.05) is 13.1 Å². The number of hydrogen-bond acceptors (Lipinski definition) is 4. The molecular formula is C13H14N4. The van der Waals surface area contributed by atoms with Crippen molar-refractivity contribution in [2.45, 2.75) is 12.8 Å². The van der Waals surface area contributed by atoms with E-state index >= 15 is 0 Å². The van der Waals surface area contributed by atoms with Gasteiger partial charge >= 0.3 is 0 Å². The average Bonchev–Trinajstić information content (AvgIpc) is 2.27. The summed E-state index contributed by atoms with van der Waals surface area (Å²) in [7, 11) is 0. The summed E-state index contributed by atoms with van der Waals surface area (Å²) in [5.74, 6) is 1.41. The van der Waals surface area contributed by atoms with Gasteiger partial charge in [-0.1, -0.05) is 0 Å². The van der Waals surface area contributed by atoms with Crippen LogP contribution in [0.3, 0.4) is 0 Å². The first-order valence-corrected chi connectivity index (χ1v) is 5.79. The topological polar surface area (TPSA) is 50.7 Å². The summed E-state index contributed by atoms with van der Waals surface area (Å²) in [4.78, 5) is 13.3. The van der Waals surface area contributed by atoms with Crippen LogP contribution in [0.5, 0.6) is 0 Å². The number of nitrogens with one attached hydrogen (secondary N) is 1. The van der Waals surface area contributed by atoms with Crippen LogP contribution in [0.25, 0.3) is 11.3 Å². The maximum absolute atomic E-state index is 4.63. The van der Waals surface area contributed by atoms with Gasteiger partial charge in [0.1, 0.15) is 5.82 Å². The molecule has 1 aliphatic heterocycles. The van der Waals surface area contributed by atoms with Crippen LogP contribution in [0.1, 0.15) is 17.4 Å². The summed E-state index contributed by atoms with van der Waals surface area (Å²) < 4.78 is 0. The van der Waals surface area contributed by atoms with Gasteiger partial charge in [-0.05, 0) is 25.1 Å². The van der Waals surface area contributed by atoms with Crippen LogP contribution in [0.4, 0.5) is 0 Å². The Labute approximate surface area is 100 Å². The number of aromatic nitrogens is 3. The Morgan fingerprint density at radius 1 is 1.29 bits per heavy atom. The molecule has 1 fully saturated rings. The van der Waals surface area contributed by atoms with Gasteiger partial charge in [-0.15, -0.1) is 0 Å². The summed E-state index contributed by atoms with van der Waals surface area (Å²) in [6.45, 7) is 3.98. The van der Waals surface area contributed by atoms with Crippen LogP contribution in [0, 0.1) is 6.92 Å². The molecule has 1 saturated heterocycles. The molecule has 0 spiro atoms. The lowest BCUT2D eigenvalue weighted by Gasteiger charge is -2.26. The highest BCUT2D eigenvalue weighted by Crippen LogP contribution is 2.21. The van der Waals surface area contributed by atoms with Gasteiger partial charge < -0.3 is 5.32 Å². The Morgan fingerprint density at radius 3 is 2.82 bits per heavy atom. The predicted molar refractivity (Wildman–Crippen MR) is 65.6 cm³/mol. The molecule has 0 aliphatic carbocycles. The van der Waals surface area contributed by atoms with Crippen molar-refractivity contribution in [1.29, 1.82) is 0 Å². The lowest BCUT2D eigenvalue weighted by atomic mass is 10.0. The van der Waals surface area contributed by atoms with Crippen molar-refractivity contribution in [1.82, 2.24) is 20.3 Å². The number of nitrogens with zero attached hydrogens (tertiary/aromatic N) is 3. The number of hydrogen-bond donors (Lipinski definition) is 1. The predicted octanol–water partition coefficient (Wildman–Crippen LogP) is 1.53.